The third-order valence-corrected chi connectivity index (χ3v) is 1.84. The molecule has 0 aliphatic rings. The minimum Gasteiger partial charge on any atom is -0.480 e. The topological polar surface area (TPSA) is 55.1 Å². The molecule has 0 fully saturated rings. The standard InChI is InChI=1S/C8H12N2O2/c1-3-7(8(11)12)10-6(2)4-5-9-10/h4-5,7H,3H2,1-2H3,(H,11,12)/t7-/m1/s1. The van der Waals surface area contributed by atoms with Gasteiger partial charge in [0.15, 0.2) is 0 Å². The first-order chi connectivity index (χ1) is 5.66. The molecule has 12 heavy (non-hydrogen) atoms. The molecule has 0 aliphatic carbocycles. The van der Waals surface area contributed by atoms with Crippen molar-refractivity contribution >= 4 is 5.97 Å². The van der Waals surface area contributed by atoms with Crippen LogP contribution in [0.3, 0.4) is 0 Å². The lowest BCUT2D eigenvalue weighted by Gasteiger charge is -2.11. The van der Waals surface area contributed by atoms with Crippen LogP contribution < -0.4 is 0 Å². The van der Waals surface area contributed by atoms with Crippen LogP contribution in [-0.2, 0) is 4.79 Å². The molecule has 0 aromatic carbocycles. The van der Waals surface area contributed by atoms with E-state index in [0.29, 0.717) is 6.42 Å². The highest BCUT2D eigenvalue weighted by Crippen LogP contribution is 2.12. The van der Waals surface area contributed by atoms with Gasteiger partial charge in [0, 0.05) is 11.9 Å². The van der Waals surface area contributed by atoms with Gasteiger partial charge >= 0.3 is 5.97 Å². The molecular formula is C8H12N2O2. The van der Waals surface area contributed by atoms with Crippen molar-refractivity contribution in [3.63, 3.8) is 0 Å². The molecule has 0 aliphatic heterocycles. The summed E-state index contributed by atoms with van der Waals surface area (Å²) in [5.74, 6) is -0.829. The Bertz CT molecular complexity index is 280. The molecule has 1 N–H and O–H groups in total. The predicted octanol–water partition coefficient (Wildman–Crippen LogP) is 1.23. The number of hydrogen-bond acceptors (Lipinski definition) is 2. The van der Waals surface area contributed by atoms with Crippen LogP contribution in [0.5, 0.6) is 0 Å². The molecule has 0 bridgehead atoms. The minimum absolute atomic E-state index is 0.528. The van der Waals surface area contributed by atoms with Gasteiger partial charge in [-0.15, -0.1) is 0 Å². The first kappa shape index (κ1) is 8.77. The van der Waals surface area contributed by atoms with Crippen molar-refractivity contribution in [2.24, 2.45) is 0 Å². The van der Waals surface area contributed by atoms with Gasteiger partial charge in [-0.2, -0.15) is 5.10 Å². The van der Waals surface area contributed by atoms with Crippen LogP contribution in [0.25, 0.3) is 0 Å². The van der Waals surface area contributed by atoms with E-state index in [1.807, 2.05) is 13.8 Å². The van der Waals surface area contributed by atoms with E-state index in [-0.39, 0.29) is 0 Å². The van der Waals surface area contributed by atoms with E-state index in [9.17, 15) is 4.79 Å². The Morgan fingerprint density at radius 1 is 1.83 bits per heavy atom. The third-order valence-electron chi connectivity index (χ3n) is 1.84. The Labute approximate surface area is 70.8 Å². The van der Waals surface area contributed by atoms with Crippen molar-refractivity contribution in [2.45, 2.75) is 26.3 Å². The zero-order chi connectivity index (χ0) is 9.14. The second-order valence-corrected chi connectivity index (χ2v) is 2.68. The number of rotatable bonds is 3. The first-order valence-electron chi connectivity index (χ1n) is 3.89. The maximum atomic E-state index is 10.7. The van der Waals surface area contributed by atoms with E-state index >= 15 is 0 Å². The quantitative estimate of drug-likeness (QED) is 0.738. The van der Waals surface area contributed by atoms with Gasteiger partial charge < -0.3 is 5.11 Å². The summed E-state index contributed by atoms with van der Waals surface area (Å²) in [5, 5.41) is 12.8. The van der Waals surface area contributed by atoms with Crippen molar-refractivity contribution in [3.05, 3.63) is 18.0 Å². The van der Waals surface area contributed by atoms with Gasteiger partial charge in [0.25, 0.3) is 0 Å². The fourth-order valence-corrected chi connectivity index (χ4v) is 1.16. The van der Waals surface area contributed by atoms with Crippen LogP contribution in [0.15, 0.2) is 12.3 Å². The van der Waals surface area contributed by atoms with Crippen LogP contribution in [0, 0.1) is 6.92 Å². The summed E-state index contributed by atoms with van der Waals surface area (Å²) >= 11 is 0. The lowest BCUT2D eigenvalue weighted by Crippen LogP contribution is -2.20. The van der Waals surface area contributed by atoms with Crippen LogP contribution in [-0.4, -0.2) is 20.9 Å². The van der Waals surface area contributed by atoms with E-state index < -0.39 is 12.0 Å². The highest BCUT2D eigenvalue weighted by atomic mass is 16.4. The molecule has 4 heteroatoms. The van der Waals surface area contributed by atoms with Crippen molar-refractivity contribution in [1.29, 1.82) is 0 Å². The molecule has 0 radical (unpaired) electrons. The molecule has 0 saturated carbocycles. The van der Waals surface area contributed by atoms with E-state index in [2.05, 4.69) is 5.10 Å². The predicted molar refractivity (Wildman–Crippen MR) is 43.9 cm³/mol. The SMILES string of the molecule is CC[C@H](C(=O)O)n1nccc1C. The van der Waals surface area contributed by atoms with Gasteiger partial charge in [0.2, 0.25) is 0 Å². The van der Waals surface area contributed by atoms with Gasteiger partial charge in [-0.1, -0.05) is 6.92 Å². The summed E-state index contributed by atoms with van der Waals surface area (Å²) in [6, 6.07) is 1.27. The molecule has 1 aromatic rings. The summed E-state index contributed by atoms with van der Waals surface area (Å²) in [4.78, 5) is 10.7. The maximum Gasteiger partial charge on any atom is 0.328 e. The molecule has 1 atom stereocenters. The average Bonchev–Trinajstić information content (AvgIpc) is 2.38. The summed E-state index contributed by atoms with van der Waals surface area (Å²) in [7, 11) is 0. The van der Waals surface area contributed by atoms with E-state index in [4.69, 9.17) is 5.11 Å². The zero-order valence-corrected chi connectivity index (χ0v) is 7.19. The Kier molecular flexibility index (Phi) is 2.47. The average molecular weight is 168 g/mol. The highest BCUT2D eigenvalue weighted by Gasteiger charge is 2.18. The molecule has 0 spiro atoms. The zero-order valence-electron chi connectivity index (χ0n) is 7.19. The van der Waals surface area contributed by atoms with E-state index in [0.717, 1.165) is 5.69 Å². The summed E-state index contributed by atoms with van der Waals surface area (Å²) in [6.07, 6.45) is 2.17. The normalized spacial score (nSPS) is 12.8. The van der Waals surface area contributed by atoms with Crippen molar-refractivity contribution in [2.75, 3.05) is 0 Å². The third kappa shape index (κ3) is 1.47. The second-order valence-electron chi connectivity index (χ2n) is 2.68. The number of nitrogens with zero attached hydrogens (tertiary/aromatic N) is 2. The van der Waals surface area contributed by atoms with Gasteiger partial charge in [0.05, 0.1) is 0 Å². The monoisotopic (exact) mass is 168 g/mol. The van der Waals surface area contributed by atoms with Gasteiger partial charge in [-0.05, 0) is 19.4 Å². The fraction of sp³-hybridized carbons (Fsp3) is 0.500. The van der Waals surface area contributed by atoms with Gasteiger partial charge in [-0.25, -0.2) is 4.79 Å². The fourth-order valence-electron chi connectivity index (χ4n) is 1.16. The Morgan fingerprint density at radius 3 is 2.83 bits per heavy atom. The molecule has 4 nitrogen and oxygen atoms in total. The number of carbonyl (C=O) groups is 1. The summed E-state index contributed by atoms with van der Waals surface area (Å²) in [6.45, 7) is 3.68. The molecule has 1 heterocycles. The second kappa shape index (κ2) is 3.38. The number of hydrogen-bond donors (Lipinski definition) is 1. The molecule has 66 valence electrons. The van der Waals surface area contributed by atoms with Crippen LogP contribution in [0.1, 0.15) is 25.1 Å². The molecule has 1 rings (SSSR count). The molecule has 0 saturated heterocycles. The van der Waals surface area contributed by atoms with Gasteiger partial charge in [-0.3, -0.25) is 4.68 Å². The first-order valence-corrected chi connectivity index (χ1v) is 3.89. The number of carboxylic acid groups (broad SMARTS) is 1. The smallest absolute Gasteiger partial charge is 0.328 e. The Balaban J connectivity index is 2.94. The van der Waals surface area contributed by atoms with E-state index in [1.165, 1.54) is 4.68 Å². The number of aryl methyl sites for hydroxylation is 1. The van der Waals surface area contributed by atoms with Crippen molar-refractivity contribution in [1.82, 2.24) is 9.78 Å². The van der Waals surface area contributed by atoms with E-state index in [1.54, 1.807) is 12.3 Å². The number of aliphatic carboxylic acids is 1. The highest BCUT2D eigenvalue weighted by molar-refractivity contribution is 5.71. The molecule has 0 unspecified atom stereocenters. The number of carboxylic acids is 1. The minimum atomic E-state index is -0.829. The molecule has 0 amide bonds. The number of aromatic nitrogens is 2. The van der Waals surface area contributed by atoms with Crippen molar-refractivity contribution in [3.8, 4) is 0 Å². The van der Waals surface area contributed by atoms with Crippen LogP contribution >= 0.6 is 0 Å². The van der Waals surface area contributed by atoms with Gasteiger partial charge in [0.1, 0.15) is 6.04 Å². The maximum absolute atomic E-state index is 10.7. The lowest BCUT2D eigenvalue weighted by atomic mass is 10.2. The summed E-state index contributed by atoms with van der Waals surface area (Å²) < 4.78 is 1.53. The molecular weight excluding hydrogens is 156 g/mol. The van der Waals surface area contributed by atoms with Crippen molar-refractivity contribution < 1.29 is 9.90 Å². The Hall–Kier alpha value is -1.32. The van der Waals surface area contributed by atoms with Crippen LogP contribution in [0.4, 0.5) is 0 Å². The van der Waals surface area contributed by atoms with Crippen LogP contribution in [0.2, 0.25) is 0 Å². The Morgan fingerprint density at radius 2 is 2.50 bits per heavy atom. The summed E-state index contributed by atoms with van der Waals surface area (Å²) in [5.41, 5.74) is 0.879. The lowest BCUT2D eigenvalue weighted by molar-refractivity contribution is -0.141. The largest absolute Gasteiger partial charge is 0.480 e. The molecule has 1 aromatic heterocycles.